The van der Waals surface area contributed by atoms with E-state index in [0.717, 1.165) is 34.4 Å². The van der Waals surface area contributed by atoms with Gasteiger partial charge in [0, 0.05) is 17.0 Å². The van der Waals surface area contributed by atoms with Crippen LogP contribution < -0.4 is 10.1 Å². The van der Waals surface area contributed by atoms with Crippen LogP contribution in [-0.4, -0.2) is 19.0 Å². The topological polar surface area (TPSA) is 64.6 Å². The highest BCUT2D eigenvalue weighted by molar-refractivity contribution is 7.15. The van der Waals surface area contributed by atoms with Gasteiger partial charge in [0.05, 0.1) is 7.11 Å². The minimum absolute atomic E-state index is 0.334. The standard InChI is InChI=1S/C31H29NO4S/c1-4-22-9-14-25(15-10-22)27-20-37-30(29(27)31(34)35-3)32-28(33)18-13-23-11-16-26(17-12-23)36-19-24-7-5-21(2)6-8-24/h5-18,20H,4,19H2,1-3H3,(H,32,33)/b18-13+. The van der Waals surface area contributed by atoms with E-state index in [2.05, 4.69) is 43.4 Å². The second kappa shape index (κ2) is 12.2. The number of rotatable bonds is 9. The molecule has 4 aromatic rings. The van der Waals surface area contributed by atoms with Crippen LogP contribution in [-0.2, 0) is 22.6 Å². The van der Waals surface area contributed by atoms with Gasteiger partial charge in [-0.2, -0.15) is 0 Å². The lowest BCUT2D eigenvalue weighted by Gasteiger charge is -2.07. The Balaban J connectivity index is 1.41. The van der Waals surface area contributed by atoms with Gasteiger partial charge in [0.1, 0.15) is 22.9 Å². The highest BCUT2D eigenvalue weighted by Crippen LogP contribution is 2.36. The van der Waals surface area contributed by atoms with Gasteiger partial charge < -0.3 is 14.8 Å². The first kappa shape index (κ1) is 25.9. The van der Waals surface area contributed by atoms with Crippen molar-refractivity contribution in [2.45, 2.75) is 26.9 Å². The SMILES string of the molecule is CCc1ccc(-c2csc(NC(=O)/C=C/c3ccc(OCc4ccc(C)cc4)cc3)c2C(=O)OC)cc1. The van der Waals surface area contributed by atoms with Gasteiger partial charge in [0.2, 0.25) is 5.91 Å². The van der Waals surface area contributed by atoms with Crippen molar-refractivity contribution in [3.63, 3.8) is 0 Å². The first-order valence-electron chi connectivity index (χ1n) is 12.0. The van der Waals surface area contributed by atoms with E-state index in [1.807, 2.05) is 53.9 Å². The first-order chi connectivity index (χ1) is 18.0. The van der Waals surface area contributed by atoms with E-state index in [0.29, 0.717) is 17.2 Å². The van der Waals surface area contributed by atoms with Crippen molar-refractivity contribution in [3.8, 4) is 16.9 Å². The molecule has 0 saturated heterocycles. The highest BCUT2D eigenvalue weighted by Gasteiger charge is 2.22. The summed E-state index contributed by atoms with van der Waals surface area (Å²) in [5, 5.41) is 5.15. The summed E-state index contributed by atoms with van der Waals surface area (Å²) in [6.45, 7) is 4.64. The number of benzene rings is 3. The molecule has 5 nitrogen and oxygen atoms in total. The number of ether oxygens (including phenoxy) is 2. The van der Waals surface area contributed by atoms with Gasteiger partial charge in [-0.25, -0.2) is 4.79 Å². The summed E-state index contributed by atoms with van der Waals surface area (Å²) in [4.78, 5) is 25.2. The van der Waals surface area contributed by atoms with Gasteiger partial charge >= 0.3 is 5.97 Å². The van der Waals surface area contributed by atoms with Crippen molar-refractivity contribution in [1.82, 2.24) is 0 Å². The Bertz CT molecular complexity index is 1380. The lowest BCUT2D eigenvalue weighted by molar-refractivity contribution is -0.111. The van der Waals surface area contributed by atoms with Crippen LogP contribution in [0.4, 0.5) is 5.00 Å². The zero-order valence-electron chi connectivity index (χ0n) is 21.1. The molecule has 3 aromatic carbocycles. The predicted octanol–water partition coefficient (Wildman–Crippen LogP) is 7.30. The number of hydrogen-bond donors (Lipinski definition) is 1. The number of thiophene rings is 1. The minimum atomic E-state index is -0.490. The van der Waals surface area contributed by atoms with Crippen molar-refractivity contribution < 1.29 is 19.1 Å². The third-order valence-electron chi connectivity index (χ3n) is 5.92. The van der Waals surface area contributed by atoms with Crippen LogP contribution >= 0.6 is 11.3 Å². The van der Waals surface area contributed by atoms with Crippen LogP contribution in [0.2, 0.25) is 0 Å². The van der Waals surface area contributed by atoms with E-state index in [4.69, 9.17) is 9.47 Å². The summed E-state index contributed by atoms with van der Waals surface area (Å²) >= 11 is 1.30. The lowest BCUT2D eigenvalue weighted by Crippen LogP contribution is -2.11. The molecule has 188 valence electrons. The predicted molar refractivity (Wildman–Crippen MR) is 150 cm³/mol. The maximum absolute atomic E-state index is 12.7. The average molecular weight is 512 g/mol. The Morgan fingerprint density at radius 1 is 0.919 bits per heavy atom. The quantitative estimate of drug-likeness (QED) is 0.189. The van der Waals surface area contributed by atoms with Crippen molar-refractivity contribution >= 4 is 34.3 Å². The maximum Gasteiger partial charge on any atom is 0.341 e. The average Bonchev–Trinajstić information content (AvgIpc) is 3.35. The normalized spacial score (nSPS) is 10.9. The fourth-order valence-electron chi connectivity index (χ4n) is 3.74. The molecule has 1 amide bonds. The third-order valence-corrected chi connectivity index (χ3v) is 6.82. The van der Waals surface area contributed by atoms with Gasteiger partial charge in [-0.05, 0) is 53.8 Å². The van der Waals surface area contributed by atoms with Crippen LogP contribution in [0.3, 0.4) is 0 Å². The summed E-state index contributed by atoms with van der Waals surface area (Å²) in [6, 6.07) is 23.8. The number of hydrogen-bond acceptors (Lipinski definition) is 5. The van der Waals surface area contributed by atoms with Crippen molar-refractivity contribution in [2.75, 3.05) is 12.4 Å². The Hall–Kier alpha value is -4.16. The molecule has 0 spiro atoms. The molecule has 1 N–H and O–H groups in total. The molecule has 0 fully saturated rings. The number of carbonyl (C=O) groups excluding carboxylic acids is 2. The Morgan fingerprint density at radius 2 is 1.59 bits per heavy atom. The molecule has 0 aliphatic carbocycles. The summed E-state index contributed by atoms with van der Waals surface area (Å²) in [5.41, 5.74) is 6.37. The summed E-state index contributed by atoms with van der Waals surface area (Å²) in [5.74, 6) is -0.0705. The van der Waals surface area contributed by atoms with E-state index < -0.39 is 5.97 Å². The van der Waals surface area contributed by atoms with Crippen LogP contribution in [0.15, 0.2) is 84.3 Å². The van der Waals surface area contributed by atoms with Gasteiger partial charge in [0.25, 0.3) is 0 Å². The molecule has 0 saturated carbocycles. The molecule has 0 bridgehead atoms. The Morgan fingerprint density at radius 3 is 2.24 bits per heavy atom. The van der Waals surface area contributed by atoms with Gasteiger partial charge in [-0.15, -0.1) is 11.3 Å². The van der Waals surface area contributed by atoms with Crippen LogP contribution in [0.1, 0.15) is 39.5 Å². The molecule has 0 atom stereocenters. The van der Waals surface area contributed by atoms with E-state index in [-0.39, 0.29) is 5.91 Å². The van der Waals surface area contributed by atoms with E-state index in [9.17, 15) is 9.59 Å². The minimum Gasteiger partial charge on any atom is -0.489 e. The Labute approximate surface area is 221 Å². The number of nitrogens with one attached hydrogen (secondary N) is 1. The fourth-order valence-corrected chi connectivity index (χ4v) is 4.70. The van der Waals surface area contributed by atoms with E-state index in [1.165, 1.54) is 35.6 Å². The largest absolute Gasteiger partial charge is 0.489 e. The Kier molecular flexibility index (Phi) is 8.54. The fraction of sp³-hybridized carbons (Fsp3) is 0.161. The van der Waals surface area contributed by atoms with E-state index >= 15 is 0 Å². The highest BCUT2D eigenvalue weighted by atomic mass is 32.1. The zero-order valence-corrected chi connectivity index (χ0v) is 21.9. The molecule has 0 unspecified atom stereocenters. The van der Waals surface area contributed by atoms with Crippen molar-refractivity contribution in [2.24, 2.45) is 0 Å². The third kappa shape index (κ3) is 6.74. The molecular formula is C31H29NO4S. The molecule has 1 aromatic heterocycles. The molecule has 6 heteroatoms. The van der Waals surface area contributed by atoms with Gasteiger partial charge in [0.15, 0.2) is 0 Å². The summed E-state index contributed by atoms with van der Waals surface area (Å²) in [6.07, 6.45) is 4.10. The van der Waals surface area contributed by atoms with Crippen molar-refractivity contribution in [1.29, 1.82) is 0 Å². The number of amides is 1. The number of carbonyl (C=O) groups is 2. The van der Waals surface area contributed by atoms with Crippen LogP contribution in [0.25, 0.3) is 17.2 Å². The van der Waals surface area contributed by atoms with Gasteiger partial charge in [-0.3, -0.25) is 4.79 Å². The second-order valence-corrected chi connectivity index (χ2v) is 9.44. The van der Waals surface area contributed by atoms with Gasteiger partial charge in [-0.1, -0.05) is 73.2 Å². The van der Waals surface area contributed by atoms with E-state index in [1.54, 1.807) is 6.08 Å². The maximum atomic E-state index is 12.7. The van der Waals surface area contributed by atoms with Crippen LogP contribution in [0.5, 0.6) is 5.75 Å². The number of methoxy groups -OCH3 is 1. The van der Waals surface area contributed by atoms with Crippen molar-refractivity contribution in [3.05, 3.63) is 112 Å². The smallest absolute Gasteiger partial charge is 0.341 e. The molecule has 0 radical (unpaired) electrons. The first-order valence-corrected chi connectivity index (χ1v) is 12.9. The molecule has 4 rings (SSSR count). The van der Waals surface area contributed by atoms with Crippen LogP contribution in [0, 0.1) is 6.92 Å². The molecule has 0 aliphatic rings. The summed E-state index contributed by atoms with van der Waals surface area (Å²) in [7, 11) is 1.34. The number of esters is 1. The molecule has 0 aliphatic heterocycles. The molecule has 37 heavy (non-hydrogen) atoms. The number of aryl methyl sites for hydroxylation is 2. The second-order valence-electron chi connectivity index (χ2n) is 8.56. The molecular weight excluding hydrogens is 482 g/mol. The number of anilines is 1. The lowest BCUT2D eigenvalue weighted by atomic mass is 10.0. The zero-order chi connectivity index (χ0) is 26.2. The monoisotopic (exact) mass is 511 g/mol. The summed E-state index contributed by atoms with van der Waals surface area (Å²) < 4.78 is 10.8. The molecule has 1 heterocycles.